The Kier molecular flexibility index (Phi) is 2.23. The van der Waals surface area contributed by atoms with Gasteiger partial charge < -0.3 is 4.90 Å². The van der Waals surface area contributed by atoms with Crippen LogP contribution < -0.4 is 0 Å². The molecule has 0 N–H and O–H groups in total. The fourth-order valence-electron chi connectivity index (χ4n) is 3.06. The number of benzene rings is 1. The average Bonchev–Trinajstić information content (AvgIpc) is 3.01. The van der Waals surface area contributed by atoms with Crippen LogP contribution in [0.25, 0.3) is 0 Å². The topological polar surface area (TPSA) is 33.2 Å². The zero-order valence-electron chi connectivity index (χ0n) is 10.2. The summed E-state index contributed by atoms with van der Waals surface area (Å²) in [7, 11) is 0. The van der Waals surface area contributed by atoms with E-state index in [9.17, 15) is 4.79 Å². The van der Waals surface area contributed by atoms with Gasteiger partial charge in [-0.1, -0.05) is 24.3 Å². The summed E-state index contributed by atoms with van der Waals surface area (Å²) in [4.78, 5) is 18.4. The molecule has 1 unspecified atom stereocenters. The normalized spacial score (nSPS) is 24.4. The highest BCUT2D eigenvalue weighted by Gasteiger charge is 2.54. The molecule has 1 aromatic carbocycles. The molecule has 1 amide bonds. The van der Waals surface area contributed by atoms with Gasteiger partial charge in [0.15, 0.2) is 0 Å². The number of amides is 1. The molecular weight excluding hydrogens is 256 g/mol. The third-order valence-corrected chi connectivity index (χ3v) is 5.31. The molecule has 0 aliphatic carbocycles. The maximum Gasteiger partial charge on any atom is 0.255 e. The molecule has 3 heterocycles. The van der Waals surface area contributed by atoms with Crippen molar-refractivity contribution in [2.45, 2.75) is 4.87 Å². The minimum absolute atomic E-state index is 0.143. The first kappa shape index (κ1) is 11.1. The first-order chi connectivity index (χ1) is 9.34. The zero-order chi connectivity index (χ0) is 12.9. The van der Waals surface area contributed by atoms with Gasteiger partial charge in [-0.15, -0.1) is 11.8 Å². The molecular formula is C15H12N2OS. The molecule has 4 heteroatoms. The van der Waals surface area contributed by atoms with E-state index in [-0.39, 0.29) is 10.8 Å². The second-order valence-electron chi connectivity index (χ2n) is 4.74. The van der Waals surface area contributed by atoms with Gasteiger partial charge in [0.05, 0.1) is 0 Å². The standard InChI is InChI=1S/C15H12N2OS/c18-14-12-5-1-2-6-13(12)15(17(14)8-9-19-15)11-4-3-7-16-10-11/h1-7,10H,8-9H2. The molecule has 1 aromatic heterocycles. The van der Waals surface area contributed by atoms with Gasteiger partial charge in [-0.25, -0.2) is 0 Å². The fraction of sp³-hybridized carbons (Fsp3) is 0.200. The van der Waals surface area contributed by atoms with Gasteiger partial charge in [0, 0.05) is 41.4 Å². The van der Waals surface area contributed by atoms with Crippen molar-refractivity contribution in [1.29, 1.82) is 0 Å². The van der Waals surface area contributed by atoms with E-state index in [0.29, 0.717) is 0 Å². The lowest BCUT2D eigenvalue weighted by Gasteiger charge is -2.32. The first-order valence-electron chi connectivity index (χ1n) is 6.30. The van der Waals surface area contributed by atoms with Gasteiger partial charge in [0.25, 0.3) is 5.91 Å². The molecule has 1 saturated heterocycles. The third kappa shape index (κ3) is 1.29. The van der Waals surface area contributed by atoms with E-state index < -0.39 is 0 Å². The molecule has 19 heavy (non-hydrogen) atoms. The zero-order valence-corrected chi connectivity index (χ0v) is 11.1. The summed E-state index contributed by atoms with van der Waals surface area (Å²) in [5, 5.41) is 0. The highest BCUT2D eigenvalue weighted by molar-refractivity contribution is 8.00. The molecule has 0 radical (unpaired) electrons. The van der Waals surface area contributed by atoms with E-state index in [1.54, 1.807) is 6.20 Å². The van der Waals surface area contributed by atoms with Crippen LogP contribution in [0.5, 0.6) is 0 Å². The molecule has 0 spiro atoms. The van der Waals surface area contributed by atoms with E-state index >= 15 is 0 Å². The SMILES string of the molecule is O=C1c2ccccc2C2(c3cccnc3)SCCN12. The Morgan fingerprint density at radius 2 is 2.11 bits per heavy atom. The van der Waals surface area contributed by atoms with Gasteiger partial charge in [0.2, 0.25) is 0 Å². The van der Waals surface area contributed by atoms with Crippen molar-refractivity contribution in [2.24, 2.45) is 0 Å². The minimum Gasteiger partial charge on any atom is -0.315 e. The van der Waals surface area contributed by atoms with Crippen molar-refractivity contribution in [1.82, 2.24) is 9.88 Å². The van der Waals surface area contributed by atoms with Crippen molar-refractivity contribution >= 4 is 17.7 Å². The number of pyridine rings is 1. The fourth-order valence-corrected chi connectivity index (χ4v) is 4.58. The lowest BCUT2D eigenvalue weighted by Crippen LogP contribution is -2.37. The van der Waals surface area contributed by atoms with E-state index in [1.807, 2.05) is 47.1 Å². The summed E-state index contributed by atoms with van der Waals surface area (Å²) in [5.74, 6) is 1.11. The smallest absolute Gasteiger partial charge is 0.255 e. The summed E-state index contributed by atoms with van der Waals surface area (Å²) in [6, 6.07) is 11.9. The summed E-state index contributed by atoms with van der Waals surface area (Å²) in [6.45, 7) is 0.799. The van der Waals surface area contributed by atoms with E-state index in [2.05, 4.69) is 17.1 Å². The Bertz CT molecular complexity index is 658. The predicted molar refractivity (Wildman–Crippen MR) is 75.0 cm³/mol. The number of nitrogens with zero attached hydrogens (tertiary/aromatic N) is 2. The number of carbonyl (C=O) groups excluding carboxylic acids is 1. The number of fused-ring (bicyclic) bond motifs is 3. The highest BCUT2D eigenvalue weighted by Crippen LogP contribution is 2.54. The Morgan fingerprint density at radius 1 is 1.21 bits per heavy atom. The number of thioether (sulfide) groups is 1. The highest BCUT2D eigenvalue weighted by atomic mass is 32.2. The van der Waals surface area contributed by atoms with Crippen molar-refractivity contribution in [2.75, 3.05) is 12.3 Å². The van der Waals surface area contributed by atoms with Gasteiger partial charge in [-0.3, -0.25) is 9.78 Å². The Hall–Kier alpha value is -1.81. The summed E-state index contributed by atoms with van der Waals surface area (Å²) in [6.07, 6.45) is 3.65. The van der Waals surface area contributed by atoms with Crippen molar-refractivity contribution < 1.29 is 4.79 Å². The van der Waals surface area contributed by atoms with E-state index in [1.165, 1.54) is 0 Å². The molecule has 94 valence electrons. The molecule has 0 bridgehead atoms. The van der Waals surface area contributed by atoms with Crippen LogP contribution in [0.1, 0.15) is 21.5 Å². The van der Waals surface area contributed by atoms with E-state index in [4.69, 9.17) is 0 Å². The Morgan fingerprint density at radius 3 is 2.95 bits per heavy atom. The second-order valence-corrected chi connectivity index (χ2v) is 6.02. The van der Waals surface area contributed by atoms with Crippen LogP contribution in [0.15, 0.2) is 48.8 Å². The van der Waals surface area contributed by atoms with Crippen LogP contribution in [-0.4, -0.2) is 28.1 Å². The van der Waals surface area contributed by atoms with E-state index in [0.717, 1.165) is 29.0 Å². The van der Waals surface area contributed by atoms with Crippen LogP contribution in [0, 0.1) is 0 Å². The molecule has 2 aliphatic heterocycles. The molecule has 2 aromatic rings. The van der Waals surface area contributed by atoms with Crippen molar-refractivity contribution in [3.8, 4) is 0 Å². The second kappa shape index (κ2) is 3.84. The maximum absolute atomic E-state index is 12.5. The van der Waals surface area contributed by atoms with Crippen molar-refractivity contribution in [3.63, 3.8) is 0 Å². The van der Waals surface area contributed by atoms with Crippen LogP contribution in [0.2, 0.25) is 0 Å². The first-order valence-corrected chi connectivity index (χ1v) is 7.28. The Labute approximate surface area is 115 Å². The number of hydrogen-bond acceptors (Lipinski definition) is 3. The molecule has 3 nitrogen and oxygen atoms in total. The number of hydrogen-bond donors (Lipinski definition) is 0. The summed E-state index contributed by atoms with van der Waals surface area (Å²) >= 11 is 1.83. The van der Waals surface area contributed by atoms with Gasteiger partial charge in [-0.2, -0.15) is 0 Å². The third-order valence-electron chi connectivity index (χ3n) is 3.83. The molecule has 1 fully saturated rings. The largest absolute Gasteiger partial charge is 0.315 e. The van der Waals surface area contributed by atoms with Crippen LogP contribution >= 0.6 is 11.8 Å². The minimum atomic E-state index is -0.359. The molecule has 1 atom stereocenters. The predicted octanol–water partition coefficient (Wildman–Crippen LogP) is 2.49. The summed E-state index contributed by atoms with van der Waals surface area (Å²) in [5.41, 5.74) is 3.03. The quantitative estimate of drug-likeness (QED) is 0.796. The Balaban J connectivity index is 2.02. The number of rotatable bonds is 1. The monoisotopic (exact) mass is 268 g/mol. The van der Waals surface area contributed by atoms with Gasteiger partial charge in [0.1, 0.15) is 4.87 Å². The summed E-state index contributed by atoms with van der Waals surface area (Å²) < 4.78 is 0. The van der Waals surface area contributed by atoms with Crippen LogP contribution in [-0.2, 0) is 4.87 Å². The van der Waals surface area contributed by atoms with Crippen molar-refractivity contribution in [3.05, 3.63) is 65.5 Å². The number of aromatic nitrogens is 1. The number of carbonyl (C=O) groups is 1. The molecule has 4 rings (SSSR count). The van der Waals surface area contributed by atoms with Gasteiger partial charge >= 0.3 is 0 Å². The lowest BCUT2D eigenvalue weighted by atomic mass is 9.98. The maximum atomic E-state index is 12.5. The lowest BCUT2D eigenvalue weighted by molar-refractivity contribution is 0.0752. The van der Waals surface area contributed by atoms with Gasteiger partial charge in [-0.05, 0) is 12.1 Å². The molecule has 0 saturated carbocycles. The molecule has 2 aliphatic rings. The van der Waals surface area contributed by atoms with Crippen LogP contribution in [0.4, 0.5) is 0 Å². The average molecular weight is 268 g/mol. The van der Waals surface area contributed by atoms with Crippen LogP contribution in [0.3, 0.4) is 0 Å².